The average Bonchev–Trinajstić information content (AvgIpc) is 2.77. The Morgan fingerprint density at radius 3 is 3.00 bits per heavy atom. The highest BCUT2D eigenvalue weighted by Crippen LogP contribution is 2.13. The molecule has 0 aliphatic rings. The molecule has 0 aliphatic heterocycles. The van der Waals surface area contributed by atoms with Crippen molar-refractivity contribution in [1.29, 1.82) is 0 Å². The minimum absolute atomic E-state index is 0.236. The summed E-state index contributed by atoms with van der Waals surface area (Å²) in [5.41, 5.74) is 0. The van der Waals surface area contributed by atoms with Gasteiger partial charge < -0.3 is 9.26 Å². The Labute approximate surface area is 104 Å². The molecule has 0 saturated heterocycles. The molecule has 17 heavy (non-hydrogen) atoms. The first-order chi connectivity index (χ1) is 8.28. The molecule has 0 bridgehead atoms. The molecule has 0 spiro atoms. The van der Waals surface area contributed by atoms with Crippen molar-refractivity contribution in [1.82, 2.24) is 15.1 Å². The molecule has 0 saturated carbocycles. The van der Waals surface area contributed by atoms with E-state index < -0.39 is 0 Å². The number of halogens is 1. The third kappa shape index (κ3) is 3.42. The van der Waals surface area contributed by atoms with Gasteiger partial charge in [0.25, 0.3) is 5.89 Å². The van der Waals surface area contributed by atoms with Crippen molar-refractivity contribution in [2.24, 2.45) is 0 Å². The second kappa shape index (κ2) is 5.63. The number of nitrogens with zero attached hydrogens (tertiary/aromatic N) is 3. The van der Waals surface area contributed by atoms with E-state index in [1.54, 1.807) is 18.3 Å². The third-order valence-corrected chi connectivity index (χ3v) is 2.27. The lowest BCUT2D eigenvalue weighted by atomic mass is 10.3. The van der Waals surface area contributed by atoms with Crippen molar-refractivity contribution in [3.8, 4) is 5.75 Å². The Balaban J connectivity index is 1.90. The summed E-state index contributed by atoms with van der Waals surface area (Å²) in [5.74, 6) is 1.79. The fraction of sp³-hybridized carbons (Fsp3) is 0.364. The van der Waals surface area contributed by atoms with Gasteiger partial charge in [-0.3, -0.25) is 0 Å². The maximum absolute atomic E-state index is 5.66. The van der Waals surface area contributed by atoms with Crippen LogP contribution in [-0.4, -0.2) is 15.1 Å². The first-order valence-electron chi connectivity index (χ1n) is 5.33. The highest BCUT2D eigenvalue weighted by Gasteiger charge is 2.06. The lowest BCUT2D eigenvalue weighted by molar-refractivity contribution is 0.242. The van der Waals surface area contributed by atoms with Crippen molar-refractivity contribution < 1.29 is 9.26 Å². The lowest BCUT2D eigenvalue weighted by Gasteiger charge is -2.01. The summed E-state index contributed by atoms with van der Waals surface area (Å²) in [5, 5.41) is 4.26. The smallest absolute Gasteiger partial charge is 0.264 e. The van der Waals surface area contributed by atoms with Gasteiger partial charge in [-0.25, -0.2) is 4.98 Å². The highest BCUT2D eigenvalue weighted by molar-refractivity contribution is 6.29. The number of pyridine rings is 1. The lowest BCUT2D eigenvalue weighted by Crippen LogP contribution is -1.96. The Morgan fingerprint density at radius 1 is 1.41 bits per heavy atom. The molecule has 2 aromatic heterocycles. The molecule has 0 amide bonds. The summed E-state index contributed by atoms with van der Waals surface area (Å²) in [6, 6.07) is 3.39. The molecule has 0 unspecified atom stereocenters. The van der Waals surface area contributed by atoms with E-state index >= 15 is 0 Å². The zero-order valence-electron chi connectivity index (χ0n) is 9.39. The predicted octanol–water partition coefficient (Wildman–Crippen LogP) is 2.65. The highest BCUT2D eigenvalue weighted by atomic mass is 35.5. The number of hydrogen-bond acceptors (Lipinski definition) is 5. The van der Waals surface area contributed by atoms with Crippen LogP contribution in [0.5, 0.6) is 5.75 Å². The quantitative estimate of drug-likeness (QED) is 0.767. The summed E-state index contributed by atoms with van der Waals surface area (Å²) in [6.45, 7) is 2.30. The summed E-state index contributed by atoms with van der Waals surface area (Å²) >= 11 is 5.66. The van der Waals surface area contributed by atoms with Crippen LogP contribution >= 0.6 is 11.6 Å². The Hall–Kier alpha value is -1.62. The van der Waals surface area contributed by atoms with E-state index in [2.05, 4.69) is 22.0 Å². The predicted molar refractivity (Wildman–Crippen MR) is 61.9 cm³/mol. The monoisotopic (exact) mass is 253 g/mol. The molecule has 0 fully saturated rings. The standard InChI is InChI=1S/C11H12ClN3O2/c1-2-3-10-14-11(17-15-10)7-16-8-4-5-9(12)13-6-8/h4-6H,2-3,7H2,1H3. The molecular formula is C11H12ClN3O2. The van der Waals surface area contributed by atoms with E-state index in [4.69, 9.17) is 20.9 Å². The minimum atomic E-state index is 0.236. The van der Waals surface area contributed by atoms with Crippen LogP contribution in [0.15, 0.2) is 22.9 Å². The molecule has 90 valence electrons. The SMILES string of the molecule is CCCc1noc(COc2ccc(Cl)nc2)n1. The number of aromatic nitrogens is 3. The third-order valence-electron chi connectivity index (χ3n) is 2.05. The molecule has 5 nitrogen and oxygen atoms in total. The van der Waals surface area contributed by atoms with Crippen molar-refractivity contribution in [2.45, 2.75) is 26.4 Å². The molecule has 0 N–H and O–H groups in total. The maximum atomic E-state index is 5.66. The van der Waals surface area contributed by atoms with Crippen LogP contribution < -0.4 is 4.74 Å². The van der Waals surface area contributed by atoms with E-state index in [9.17, 15) is 0 Å². The maximum Gasteiger partial charge on any atom is 0.264 e. The van der Waals surface area contributed by atoms with Crippen LogP contribution in [0.3, 0.4) is 0 Å². The van der Waals surface area contributed by atoms with E-state index in [-0.39, 0.29) is 6.61 Å². The van der Waals surface area contributed by atoms with Crippen LogP contribution in [-0.2, 0) is 13.0 Å². The van der Waals surface area contributed by atoms with E-state index in [0.29, 0.717) is 22.6 Å². The Bertz CT molecular complexity index is 470. The van der Waals surface area contributed by atoms with Gasteiger partial charge in [-0.2, -0.15) is 4.98 Å². The van der Waals surface area contributed by atoms with Crippen molar-refractivity contribution in [3.63, 3.8) is 0 Å². The first-order valence-corrected chi connectivity index (χ1v) is 5.71. The Kier molecular flexibility index (Phi) is 3.93. The van der Waals surface area contributed by atoms with Gasteiger partial charge >= 0.3 is 0 Å². The summed E-state index contributed by atoms with van der Waals surface area (Å²) in [6.07, 6.45) is 3.35. The number of ether oxygens (including phenoxy) is 1. The molecule has 6 heteroatoms. The fourth-order valence-electron chi connectivity index (χ4n) is 1.27. The van der Waals surface area contributed by atoms with Gasteiger partial charge in [0.2, 0.25) is 0 Å². The van der Waals surface area contributed by atoms with E-state index in [1.807, 2.05) is 0 Å². The van der Waals surface area contributed by atoms with Crippen molar-refractivity contribution in [2.75, 3.05) is 0 Å². The summed E-state index contributed by atoms with van der Waals surface area (Å²) in [4.78, 5) is 8.08. The molecule has 2 heterocycles. The van der Waals surface area contributed by atoms with Crippen LogP contribution in [0.4, 0.5) is 0 Å². The van der Waals surface area contributed by atoms with Crippen molar-refractivity contribution >= 4 is 11.6 Å². The fourth-order valence-corrected chi connectivity index (χ4v) is 1.38. The average molecular weight is 254 g/mol. The van der Waals surface area contributed by atoms with Crippen molar-refractivity contribution in [3.05, 3.63) is 35.2 Å². The first kappa shape index (κ1) is 11.9. The van der Waals surface area contributed by atoms with Crippen LogP contribution in [0.1, 0.15) is 25.1 Å². The van der Waals surface area contributed by atoms with Gasteiger partial charge in [0, 0.05) is 6.42 Å². The largest absolute Gasteiger partial charge is 0.482 e. The Morgan fingerprint density at radius 2 is 2.29 bits per heavy atom. The molecule has 0 atom stereocenters. The van der Waals surface area contributed by atoms with E-state index in [0.717, 1.165) is 12.8 Å². The molecule has 0 radical (unpaired) electrons. The van der Waals surface area contributed by atoms with Crippen LogP contribution in [0.25, 0.3) is 0 Å². The number of aryl methyl sites for hydroxylation is 1. The van der Waals surface area contributed by atoms with Crippen LogP contribution in [0.2, 0.25) is 5.15 Å². The topological polar surface area (TPSA) is 61.0 Å². The molecule has 0 aliphatic carbocycles. The minimum Gasteiger partial charge on any atom is -0.482 e. The van der Waals surface area contributed by atoms with Gasteiger partial charge in [0.15, 0.2) is 12.4 Å². The molecule has 2 rings (SSSR count). The summed E-state index contributed by atoms with van der Waals surface area (Å²) in [7, 11) is 0. The second-order valence-electron chi connectivity index (χ2n) is 3.46. The van der Waals surface area contributed by atoms with E-state index in [1.165, 1.54) is 0 Å². The number of rotatable bonds is 5. The van der Waals surface area contributed by atoms with Gasteiger partial charge in [0.05, 0.1) is 6.20 Å². The van der Waals surface area contributed by atoms with Gasteiger partial charge in [0.1, 0.15) is 10.9 Å². The van der Waals surface area contributed by atoms with Gasteiger partial charge in [-0.15, -0.1) is 0 Å². The van der Waals surface area contributed by atoms with Crippen LogP contribution in [0, 0.1) is 0 Å². The number of hydrogen-bond donors (Lipinski definition) is 0. The normalized spacial score (nSPS) is 10.5. The molecular weight excluding hydrogens is 242 g/mol. The van der Waals surface area contributed by atoms with Gasteiger partial charge in [-0.1, -0.05) is 23.7 Å². The van der Waals surface area contributed by atoms with Gasteiger partial charge in [-0.05, 0) is 18.6 Å². The zero-order chi connectivity index (χ0) is 12.1. The summed E-state index contributed by atoms with van der Waals surface area (Å²) < 4.78 is 10.5. The zero-order valence-corrected chi connectivity index (χ0v) is 10.1. The second-order valence-corrected chi connectivity index (χ2v) is 3.85. The molecule has 2 aromatic rings. The molecule has 0 aromatic carbocycles.